The first-order chi connectivity index (χ1) is 10.0. The lowest BCUT2D eigenvalue weighted by molar-refractivity contribution is 0.483. The van der Waals surface area contributed by atoms with Crippen molar-refractivity contribution in [3.63, 3.8) is 0 Å². The molecule has 1 unspecified atom stereocenters. The molecular weight excluding hydrogens is 268 g/mol. The van der Waals surface area contributed by atoms with Gasteiger partial charge in [0.05, 0.1) is 6.04 Å². The van der Waals surface area contributed by atoms with Crippen molar-refractivity contribution in [2.75, 3.05) is 6.54 Å². The molecule has 2 rings (SSSR count). The topological polar surface area (TPSA) is 12.0 Å². The molecule has 0 bridgehead atoms. The molecular formula is C18H21F2N. The van der Waals surface area contributed by atoms with E-state index in [4.69, 9.17) is 0 Å². The Labute approximate surface area is 125 Å². The van der Waals surface area contributed by atoms with Gasteiger partial charge in [-0.2, -0.15) is 0 Å². The molecule has 0 fully saturated rings. The molecule has 2 aromatic carbocycles. The molecule has 1 nitrogen and oxygen atoms in total. The van der Waals surface area contributed by atoms with E-state index in [1.165, 1.54) is 5.56 Å². The zero-order valence-corrected chi connectivity index (χ0v) is 12.7. The molecule has 1 N–H and O–H groups in total. The number of hydrogen-bond acceptors (Lipinski definition) is 1. The van der Waals surface area contributed by atoms with Crippen molar-refractivity contribution in [1.29, 1.82) is 0 Å². The highest BCUT2D eigenvalue weighted by molar-refractivity contribution is 5.35. The van der Waals surface area contributed by atoms with Crippen molar-refractivity contribution >= 4 is 0 Å². The molecule has 0 radical (unpaired) electrons. The Kier molecular flexibility index (Phi) is 5.07. The second kappa shape index (κ2) is 6.81. The summed E-state index contributed by atoms with van der Waals surface area (Å²) in [5.74, 6) is -1.15. The molecule has 3 heteroatoms. The van der Waals surface area contributed by atoms with E-state index in [0.717, 1.165) is 11.6 Å². The second-order valence-corrected chi connectivity index (χ2v) is 5.46. The second-order valence-electron chi connectivity index (χ2n) is 5.46. The maximum Gasteiger partial charge on any atom is 0.163 e. The Hall–Kier alpha value is -1.74. The lowest BCUT2D eigenvalue weighted by Crippen LogP contribution is -2.23. The van der Waals surface area contributed by atoms with Gasteiger partial charge in [0.2, 0.25) is 0 Å². The van der Waals surface area contributed by atoms with Crippen LogP contribution >= 0.6 is 0 Å². The van der Waals surface area contributed by atoms with Crippen molar-refractivity contribution in [2.45, 2.75) is 32.7 Å². The van der Waals surface area contributed by atoms with Crippen molar-refractivity contribution in [2.24, 2.45) is 0 Å². The van der Waals surface area contributed by atoms with Crippen LogP contribution in [-0.4, -0.2) is 6.54 Å². The number of benzene rings is 2. The Morgan fingerprint density at radius 1 is 0.952 bits per heavy atom. The Bertz CT molecular complexity index is 591. The van der Waals surface area contributed by atoms with Gasteiger partial charge >= 0.3 is 0 Å². The van der Waals surface area contributed by atoms with E-state index >= 15 is 0 Å². The molecule has 2 aromatic rings. The molecule has 0 amide bonds. The number of rotatable bonds is 5. The van der Waals surface area contributed by atoms with Crippen LogP contribution in [0.15, 0.2) is 42.5 Å². The predicted molar refractivity (Wildman–Crippen MR) is 82.4 cm³/mol. The maximum atomic E-state index is 14.1. The number of halogens is 2. The van der Waals surface area contributed by atoms with Crippen molar-refractivity contribution in [3.8, 4) is 0 Å². The molecule has 0 saturated carbocycles. The van der Waals surface area contributed by atoms with E-state index in [9.17, 15) is 8.78 Å². The fraction of sp³-hybridized carbons (Fsp3) is 0.333. The zero-order valence-electron chi connectivity index (χ0n) is 12.7. The van der Waals surface area contributed by atoms with Gasteiger partial charge in [0.15, 0.2) is 11.6 Å². The van der Waals surface area contributed by atoms with Gasteiger partial charge < -0.3 is 5.32 Å². The summed E-state index contributed by atoms with van der Waals surface area (Å²) in [6.07, 6.45) is 0. The molecule has 112 valence electrons. The van der Waals surface area contributed by atoms with E-state index in [1.807, 2.05) is 31.2 Å². The van der Waals surface area contributed by atoms with E-state index in [1.54, 1.807) is 12.1 Å². The predicted octanol–water partition coefficient (Wildman–Crippen LogP) is 4.79. The molecule has 0 spiro atoms. The minimum Gasteiger partial charge on any atom is -0.306 e. The summed E-state index contributed by atoms with van der Waals surface area (Å²) in [5.41, 5.74) is 2.51. The molecule has 1 atom stereocenters. The van der Waals surface area contributed by atoms with Gasteiger partial charge in [0.1, 0.15) is 0 Å². The van der Waals surface area contributed by atoms with Crippen LogP contribution in [0.5, 0.6) is 0 Å². The van der Waals surface area contributed by atoms with Crippen LogP contribution in [0.3, 0.4) is 0 Å². The van der Waals surface area contributed by atoms with Crippen LogP contribution in [-0.2, 0) is 0 Å². The fourth-order valence-electron chi connectivity index (χ4n) is 2.43. The van der Waals surface area contributed by atoms with Crippen LogP contribution in [0, 0.1) is 11.6 Å². The Morgan fingerprint density at radius 2 is 1.57 bits per heavy atom. The lowest BCUT2D eigenvalue weighted by atomic mass is 9.95. The minimum absolute atomic E-state index is 0.341. The van der Waals surface area contributed by atoms with E-state index in [2.05, 4.69) is 19.2 Å². The summed E-state index contributed by atoms with van der Waals surface area (Å²) >= 11 is 0. The fourth-order valence-corrected chi connectivity index (χ4v) is 2.43. The van der Waals surface area contributed by atoms with E-state index < -0.39 is 11.6 Å². The van der Waals surface area contributed by atoms with Gasteiger partial charge in [-0.25, -0.2) is 8.78 Å². The van der Waals surface area contributed by atoms with Gasteiger partial charge in [-0.1, -0.05) is 57.2 Å². The van der Waals surface area contributed by atoms with Gasteiger partial charge in [-0.05, 0) is 29.7 Å². The third-order valence-electron chi connectivity index (χ3n) is 3.64. The van der Waals surface area contributed by atoms with Gasteiger partial charge in [0, 0.05) is 5.56 Å². The van der Waals surface area contributed by atoms with Crippen LogP contribution in [0.2, 0.25) is 0 Å². The smallest absolute Gasteiger partial charge is 0.163 e. The van der Waals surface area contributed by atoms with Crippen molar-refractivity contribution in [3.05, 3.63) is 70.8 Å². The SMILES string of the molecule is CCNC(c1ccc(C(C)C)cc1)c1cccc(F)c1F. The lowest BCUT2D eigenvalue weighted by Gasteiger charge is -2.20. The van der Waals surface area contributed by atoms with Gasteiger partial charge in [0.25, 0.3) is 0 Å². The summed E-state index contributed by atoms with van der Waals surface area (Å²) in [6.45, 7) is 6.88. The number of hydrogen-bond donors (Lipinski definition) is 1. The summed E-state index contributed by atoms with van der Waals surface area (Å²) in [7, 11) is 0. The highest BCUT2D eigenvalue weighted by Crippen LogP contribution is 2.27. The van der Waals surface area contributed by atoms with E-state index in [0.29, 0.717) is 18.0 Å². The van der Waals surface area contributed by atoms with Crippen molar-refractivity contribution in [1.82, 2.24) is 5.32 Å². The summed E-state index contributed by atoms with van der Waals surface area (Å²) < 4.78 is 27.5. The average molecular weight is 289 g/mol. The average Bonchev–Trinajstić information content (AvgIpc) is 2.48. The standard InChI is InChI=1S/C18H21F2N/c1-4-21-18(15-6-5-7-16(19)17(15)20)14-10-8-13(9-11-14)12(2)3/h5-12,18,21H,4H2,1-3H3. The molecule has 0 saturated heterocycles. The molecule has 0 aromatic heterocycles. The first-order valence-corrected chi connectivity index (χ1v) is 7.31. The van der Waals surface area contributed by atoms with Crippen LogP contribution in [0.25, 0.3) is 0 Å². The quantitative estimate of drug-likeness (QED) is 0.834. The molecule has 0 aliphatic carbocycles. The van der Waals surface area contributed by atoms with Gasteiger partial charge in [-0.3, -0.25) is 0 Å². The first-order valence-electron chi connectivity index (χ1n) is 7.31. The Morgan fingerprint density at radius 3 is 2.14 bits per heavy atom. The van der Waals surface area contributed by atoms with Crippen molar-refractivity contribution < 1.29 is 8.78 Å². The molecule has 0 aliphatic heterocycles. The van der Waals surface area contributed by atoms with Crippen LogP contribution in [0.1, 0.15) is 49.4 Å². The zero-order chi connectivity index (χ0) is 15.4. The minimum atomic E-state index is -0.811. The Balaban J connectivity index is 2.41. The van der Waals surface area contributed by atoms with E-state index in [-0.39, 0.29) is 6.04 Å². The molecule has 21 heavy (non-hydrogen) atoms. The number of nitrogens with one attached hydrogen (secondary N) is 1. The summed E-state index contributed by atoms with van der Waals surface area (Å²) in [5, 5.41) is 3.23. The monoisotopic (exact) mass is 289 g/mol. The maximum absolute atomic E-state index is 14.1. The summed E-state index contributed by atoms with van der Waals surface area (Å²) in [4.78, 5) is 0. The van der Waals surface area contributed by atoms with Crippen LogP contribution in [0.4, 0.5) is 8.78 Å². The van der Waals surface area contributed by atoms with Crippen LogP contribution < -0.4 is 5.32 Å². The normalized spacial score (nSPS) is 12.7. The largest absolute Gasteiger partial charge is 0.306 e. The third-order valence-corrected chi connectivity index (χ3v) is 3.64. The molecule has 0 aliphatic rings. The van der Waals surface area contributed by atoms with Gasteiger partial charge in [-0.15, -0.1) is 0 Å². The summed E-state index contributed by atoms with van der Waals surface area (Å²) in [6, 6.07) is 12.0. The first kappa shape index (κ1) is 15.6. The third kappa shape index (κ3) is 3.48. The highest BCUT2D eigenvalue weighted by Gasteiger charge is 2.19. The molecule has 0 heterocycles. The highest BCUT2D eigenvalue weighted by atomic mass is 19.2.